The fraction of sp³-hybridized carbons (Fsp3) is 0.273. The van der Waals surface area contributed by atoms with Crippen molar-refractivity contribution in [1.82, 2.24) is 19.5 Å². The number of piperazine rings is 1. The lowest BCUT2D eigenvalue weighted by atomic mass is 10.0. The van der Waals surface area contributed by atoms with Gasteiger partial charge in [0.25, 0.3) is 0 Å². The Morgan fingerprint density at radius 3 is 2.65 bits per heavy atom. The molecule has 0 aliphatic carbocycles. The number of methoxy groups -OCH3 is 1. The molecule has 2 aromatic carbocycles. The van der Waals surface area contributed by atoms with Gasteiger partial charge in [0.1, 0.15) is 12.1 Å². The Morgan fingerprint density at radius 2 is 1.90 bits per heavy atom. The van der Waals surface area contributed by atoms with E-state index in [9.17, 15) is 5.11 Å². The van der Waals surface area contributed by atoms with Crippen molar-refractivity contribution in [2.24, 2.45) is 0 Å². The second-order valence-electron chi connectivity index (χ2n) is 7.43. The first kappa shape index (κ1) is 20.1. The molecule has 7 nitrogen and oxygen atoms in total. The fourth-order valence-corrected chi connectivity index (χ4v) is 5.40. The van der Waals surface area contributed by atoms with Gasteiger partial charge < -0.3 is 14.7 Å². The van der Waals surface area contributed by atoms with Crippen LogP contribution in [0, 0.1) is 0 Å². The Morgan fingerprint density at radius 1 is 1.10 bits per heavy atom. The number of benzene rings is 2. The van der Waals surface area contributed by atoms with Gasteiger partial charge in [0.05, 0.1) is 18.0 Å². The minimum Gasteiger partial charge on any atom is -0.497 e. The molecule has 0 unspecified atom stereocenters. The average molecular weight is 456 g/mol. The maximum absolute atomic E-state index is 10.9. The van der Waals surface area contributed by atoms with Crippen molar-refractivity contribution in [2.75, 3.05) is 38.2 Å². The van der Waals surface area contributed by atoms with Crippen LogP contribution in [-0.4, -0.2) is 57.9 Å². The average Bonchev–Trinajstić information content (AvgIpc) is 3.38. The topological polar surface area (TPSA) is 66.1 Å². The number of aromatic hydroxyl groups is 1. The Labute approximate surface area is 189 Å². The summed E-state index contributed by atoms with van der Waals surface area (Å²) in [5, 5.41) is 15.8. The molecule has 1 aliphatic heterocycles. The van der Waals surface area contributed by atoms with E-state index < -0.39 is 0 Å². The van der Waals surface area contributed by atoms with E-state index in [0.717, 1.165) is 53.1 Å². The molecule has 9 heteroatoms. The predicted molar refractivity (Wildman–Crippen MR) is 123 cm³/mol. The zero-order valence-corrected chi connectivity index (χ0v) is 18.6. The van der Waals surface area contributed by atoms with Crippen LogP contribution in [0.1, 0.15) is 16.5 Å². The molecule has 5 rings (SSSR count). The van der Waals surface area contributed by atoms with Crippen LogP contribution in [0.5, 0.6) is 11.6 Å². The highest BCUT2D eigenvalue weighted by molar-refractivity contribution is 7.17. The van der Waals surface area contributed by atoms with E-state index in [1.165, 1.54) is 22.2 Å². The Hall–Kier alpha value is -2.81. The summed E-state index contributed by atoms with van der Waals surface area (Å²) in [6.45, 7) is 3.40. The highest BCUT2D eigenvalue weighted by Gasteiger charge is 2.31. The molecule has 1 fully saturated rings. The summed E-state index contributed by atoms with van der Waals surface area (Å²) in [5.41, 5.74) is 2.20. The van der Waals surface area contributed by atoms with Crippen LogP contribution in [0.25, 0.3) is 4.96 Å². The lowest BCUT2D eigenvalue weighted by Gasteiger charge is -2.40. The first-order valence-electron chi connectivity index (χ1n) is 10.0. The third kappa shape index (κ3) is 3.82. The smallest absolute Gasteiger partial charge is 0.230 e. The van der Waals surface area contributed by atoms with Gasteiger partial charge in [0, 0.05) is 36.9 Å². The van der Waals surface area contributed by atoms with Gasteiger partial charge in [-0.15, -0.1) is 0 Å². The molecule has 4 aromatic rings. The van der Waals surface area contributed by atoms with Crippen molar-refractivity contribution in [2.45, 2.75) is 6.04 Å². The van der Waals surface area contributed by atoms with E-state index in [1.807, 2.05) is 36.4 Å². The second-order valence-corrected chi connectivity index (χ2v) is 8.87. The van der Waals surface area contributed by atoms with Gasteiger partial charge in [0.15, 0.2) is 0 Å². The molecule has 0 bridgehead atoms. The van der Waals surface area contributed by atoms with E-state index >= 15 is 0 Å². The first-order chi connectivity index (χ1) is 15.1. The second kappa shape index (κ2) is 8.37. The number of rotatable bonds is 5. The summed E-state index contributed by atoms with van der Waals surface area (Å²) < 4.78 is 6.96. The summed E-state index contributed by atoms with van der Waals surface area (Å²) in [5.74, 6) is 0.932. The number of fused-ring (bicyclic) bond motifs is 1. The van der Waals surface area contributed by atoms with E-state index in [-0.39, 0.29) is 11.9 Å². The summed E-state index contributed by atoms with van der Waals surface area (Å²) in [7, 11) is 1.67. The lowest BCUT2D eigenvalue weighted by molar-refractivity contribution is 0.211. The van der Waals surface area contributed by atoms with Gasteiger partial charge in [-0.1, -0.05) is 41.1 Å². The molecule has 0 amide bonds. The summed E-state index contributed by atoms with van der Waals surface area (Å²) in [4.78, 5) is 10.5. The zero-order valence-electron chi connectivity index (χ0n) is 17.0. The number of anilines is 1. The van der Waals surface area contributed by atoms with E-state index in [1.54, 1.807) is 7.11 Å². The van der Waals surface area contributed by atoms with Gasteiger partial charge in [-0.05, 0) is 35.9 Å². The number of aromatic nitrogens is 3. The monoisotopic (exact) mass is 455 g/mol. The molecule has 0 saturated carbocycles. The largest absolute Gasteiger partial charge is 0.497 e. The Kier molecular flexibility index (Phi) is 5.43. The third-order valence-corrected chi connectivity index (χ3v) is 6.97. The summed E-state index contributed by atoms with van der Waals surface area (Å²) in [6.07, 6.45) is 1.46. The molecule has 0 radical (unpaired) electrons. The van der Waals surface area contributed by atoms with Gasteiger partial charge in [-0.3, -0.25) is 4.90 Å². The maximum Gasteiger partial charge on any atom is 0.230 e. The van der Waals surface area contributed by atoms with Crippen molar-refractivity contribution in [3.63, 3.8) is 0 Å². The highest BCUT2D eigenvalue weighted by atomic mass is 35.5. The molecule has 3 heterocycles. The van der Waals surface area contributed by atoms with E-state index in [2.05, 4.69) is 32.0 Å². The van der Waals surface area contributed by atoms with Crippen LogP contribution in [-0.2, 0) is 0 Å². The minimum atomic E-state index is -0.120. The molecule has 1 N–H and O–H groups in total. The van der Waals surface area contributed by atoms with Crippen molar-refractivity contribution in [1.29, 1.82) is 0 Å². The molecule has 1 atom stereocenters. The molecule has 1 saturated heterocycles. The number of hydrogen-bond acceptors (Lipinski definition) is 7. The lowest BCUT2D eigenvalue weighted by Crippen LogP contribution is -2.47. The van der Waals surface area contributed by atoms with Crippen LogP contribution in [0.4, 0.5) is 5.69 Å². The number of thiazole rings is 1. The van der Waals surface area contributed by atoms with Crippen molar-refractivity contribution >= 4 is 33.6 Å². The van der Waals surface area contributed by atoms with Crippen molar-refractivity contribution < 1.29 is 9.84 Å². The fourth-order valence-electron chi connectivity index (χ4n) is 4.12. The van der Waals surface area contributed by atoms with Crippen LogP contribution in [0.3, 0.4) is 0 Å². The highest BCUT2D eigenvalue weighted by Crippen LogP contribution is 2.41. The standard InChI is InChI=1S/C22H22ClN5O2S/c1-30-18-7-2-4-15(12-18)19(20-21(29)28-22(31-20)24-14-25-28)27-10-8-26(9-11-27)17-6-3-5-16(23)13-17/h2-7,12-14,19,29H,8-11H2,1H3/t19-/m0/s1. The molecule has 2 aromatic heterocycles. The predicted octanol–water partition coefficient (Wildman–Crippen LogP) is 4.07. The molecule has 160 valence electrons. The minimum absolute atomic E-state index is 0.120. The number of ether oxygens (including phenoxy) is 1. The van der Waals surface area contributed by atoms with Crippen LogP contribution in [0.15, 0.2) is 54.9 Å². The van der Waals surface area contributed by atoms with Gasteiger partial charge in [-0.2, -0.15) is 9.61 Å². The molecule has 31 heavy (non-hydrogen) atoms. The first-order valence-corrected chi connectivity index (χ1v) is 11.2. The van der Waals surface area contributed by atoms with Crippen LogP contribution >= 0.6 is 22.9 Å². The number of hydrogen-bond donors (Lipinski definition) is 1. The third-order valence-electron chi connectivity index (χ3n) is 5.65. The normalized spacial score (nSPS) is 16.0. The quantitative estimate of drug-likeness (QED) is 0.489. The number of nitrogens with zero attached hydrogens (tertiary/aromatic N) is 5. The Balaban J connectivity index is 1.48. The zero-order chi connectivity index (χ0) is 21.4. The van der Waals surface area contributed by atoms with E-state index in [4.69, 9.17) is 16.3 Å². The van der Waals surface area contributed by atoms with Gasteiger partial charge in [-0.25, -0.2) is 4.98 Å². The van der Waals surface area contributed by atoms with Crippen LogP contribution in [0.2, 0.25) is 5.02 Å². The Bertz CT molecular complexity index is 1200. The van der Waals surface area contributed by atoms with Crippen molar-refractivity contribution in [3.8, 4) is 11.6 Å². The molecule has 1 aliphatic rings. The molecular formula is C22H22ClN5O2S. The summed E-state index contributed by atoms with van der Waals surface area (Å²) >= 11 is 7.65. The summed E-state index contributed by atoms with van der Waals surface area (Å²) in [6, 6.07) is 15.9. The molecule has 0 spiro atoms. The van der Waals surface area contributed by atoms with Crippen LogP contribution < -0.4 is 9.64 Å². The van der Waals surface area contributed by atoms with Gasteiger partial charge in [0.2, 0.25) is 10.8 Å². The van der Waals surface area contributed by atoms with Gasteiger partial charge >= 0.3 is 0 Å². The maximum atomic E-state index is 10.9. The van der Waals surface area contributed by atoms with Crippen molar-refractivity contribution in [3.05, 3.63) is 70.3 Å². The number of halogens is 1. The molecular weight excluding hydrogens is 434 g/mol. The van der Waals surface area contributed by atoms with E-state index in [0.29, 0.717) is 4.96 Å². The SMILES string of the molecule is COc1cccc([C@@H](c2sc3ncnn3c2O)N2CCN(c3cccc(Cl)c3)CC2)c1.